The Kier molecular flexibility index (Phi) is 5.53. The molecular formula is C18H17N3O6S2. The summed E-state index contributed by atoms with van der Waals surface area (Å²) < 4.78 is 51.6. The number of anilines is 1. The lowest BCUT2D eigenvalue weighted by atomic mass is 10.1. The number of carbonyl (C=O) groups excluding carboxylic acids is 1. The Morgan fingerprint density at radius 2 is 1.59 bits per heavy atom. The quantitative estimate of drug-likeness (QED) is 0.618. The van der Waals surface area contributed by atoms with Crippen molar-refractivity contribution in [3.8, 4) is 0 Å². The van der Waals surface area contributed by atoms with Gasteiger partial charge in [0.15, 0.2) is 19.7 Å². The van der Waals surface area contributed by atoms with Crippen LogP contribution in [0, 0.1) is 0 Å². The lowest BCUT2D eigenvalue weighted by molar-refractivity contribution is 0.102. The molecule has 0 aliphatic heterocycles. The molecule has 0 aliphatic rings. The normalized spacial score (nSPS) is 11.9. The van der Waals surface area contributed by atoms with E-state index in [0.29, 0.717) is 0 Å². The molecule has 0 atom stereocenters. The SMILES string of the molecule is CS(=O)(=O)c1ccc(Cc2nnc(NC(=O)c3cccc(S(C)(=O)=O)c3)o2)cc1. The van der Waals surface area contributed by atoms with Crippen LogP contribution in [0.25, 0.3) is 0 Å². The van der Waals surface area contributed by atoms with Crippen molar-refractivity contribution < 1.29 is 26.0 Å². The molecule has 0 fully saturated rings. The Hall–Kier alpha value is -3.05. The topological polar surface area (TPSA) is 136 Å². The second-order valence-electron chi connectivity index (χ2n) is 6.35. The van der Waals surface area contributed by atoms with Gasteiger partial charge in [-0.15, -0.1) is 5.10 Å². The van der Waals surface area contributed by atoms with Gasteiger partial charge in [-0.25, -0.2) is 16.8 Å². The minimum atomic E-state index is -3.44. The molecule has 2 aromatic carbocycles. The Bertz CT molecular complexity index is 1260. The molecule has 0 radical (unpaired) electrons. The minimum absolute atomic E-state index is 0.0221. The highest BCUT2D eigenvalue weighted by molar-refractivity contribution is 7.91. The first-order valence-electron chi connectivity index (χ1n) is 8.25. The Balaban J connectivity index is 1.70. The van der Waals surface area contributed by atoms with Crippen molar-refractivity contribution in [2.75, 3.05) is 17.8 Å². The van der Waals surface area contributed by atoms with Crippen molar-refractivity contribution in [1.82, 2.24) is 10.2 Å². The van der Waals surface area contributed by atoms with Crippen molar-refractivity contribution in [2.24, 2.45) is 0 Å². The summed E-state index contributed by atoms with van der Waals surface area (Å²) in [5.74, 6) is -0.375. The van der Waals surface area contributed by atoms with E-state index in [0.717, 1.165) is 18.1 Å². The average Bonchev–Trinajstić information content (AvgIpc) is 3.07. The third-order valence-electron chi connectivity index (χ3n) is 3.92. The van der Waals surface area contributed by atoms with Crippen LogP contribution in [0.15, 0.2) is 62.7 Å². The number of hydrogen-bond donors (Lipinski definition) is 1. The Morgan fingerprint density at radius 1 is 0.931 bits per heavy atom. The standard InChI is InChI=1S/C18H17N3O6S2/c1-28(23,24)14-8-6-12(7-9-14)10-16-20-21-18(27-16)19-17(22)13-4-3-5-15(11-13)29(2,25)26/h3-9,11H,10H2,1-2H3,(H,19,21,22). The molecule has 0 aliphatic carbocycles. The van der Waals surface area contributed by atoms with Crippen molar-refractivity contribution in [2.45, 2.75) is 16.2 Å². The van der Waals surface area contributed by atoms with Crippen molar-refractivity contribution in [1.29, 1.82) is 0 Å². The van der Waals surface area contributed by atoms with E-state index in [-0.39, 0.29) is 33.7 Å². The van der Waals surface area contributed by atoms with Gasteiger partial charge in [0.1, 0.15) is 0 Å². The molecule has 3 rings (SSSR count). The lowest BCUT2D eigenvalue weighted by Crippen LogP contribution is -2.13. The van der Waals surface area contributed by atoms with E-state index in [1.165, 1.54) is 36.4 Å². The van der Waals surface area contributed by atoms with E-state index in [4.69, 9.17) is 4.42 Å². The number of hydrogen-bond acceptors (Lipinski definition) is 8. The highest BCUT2D eigenvalue weighted by Gasteiger charge is 2.15. The highest BCUT2D eigenvalue weighted by atomic mass is 32.2. The molecule has 152 valence electrons. The maximum absolute atomic E-state index is 12.3. The number of aromatic nitrogens is 2. The summed E-state index contributed by atoms with van der Waals surface area (Å²) in [5, 5.41) is 10.0. The summed E-state index contributed by atoms with van der Waals surface area (Å²) in [4.78, 5) is 12.5. The van der Waals surface area contributed by atoms with Crippen LogP contribution in [0.1, 0.15) is 21.8 Å². The summed E-state index contributed by atoms with van der Waals surface area (Å²) in [7, 11) is -6.72. The van der Waals surface area contributed by atoms with Crippen molar-refractivity contribution in [3.05, 3.63) is 65.5 Å². The summed E-state index contributed by atoms with van der Waals surface area (Å²) in [6.45, 7) is 0. The molecule has 1 N–H and O–H groups in total. The molecule has 9 nitrogen and oxygen atoms in total. The van der Waals surface area contributed by atoms with Crippen LogP contribution in [-0.4, -0.2) is 45.5 Å². The number of benzene rings is 2. The number of amides is 1. The molecule has 0 bridgehead atoms. The fourth-order valence-electron chi connectivity index (χ4n) is 2.44. The van der Waals surface area contributed by atoms with Gasteiger partial charge in [0.25, 0.3) is 5.91 Å². The van der Waals surface area contributed by atoms with Crippen LogP contribution < -0.4 is 5.32 Å². The van der Waals surface area contributed by atoms with E-state index < -0.39 is 25.6 Å². The van der Waals surface area contributed by atoms with Gasteiger partial charge in [0, 0.05) is 18.1 Å². The molecule has 0 spiro atoms. The third-order valence-corrected chi connectivity index (χ3v) is 6.16. The fourth-order valence-corrected chi connectivity index (χ4v) is 3.74. The monoisotopic (exact) mass is 435 g/mol. The highest BCUT2D eigenvalue weighted by Crippen LogP contribution is 2.16. The lowest BCUT2D eigenvalue weighted by Gasteiger charge is -2.03. The van der Waals surface area contributed by atoms with Crippen LogP contribution in [-0.2, 0) is 26.1 Å². The molecule has 1 aromatic heterocycles. The molecule has 1 heterocycles. The Morgan fingerprint density at radius 3 is 2.21 bits per heavy atom. The first kappa shape index (κ1) is 20.7. The van der Waals surface area contributed by atoms with Crippen molar-refractivity contribution >= 4 is 31.6 Å². The van der Waals surface area contributed by atoms with Crippen LogP contribution in [0.4, 0.5) is 6.01 Å². The third kappa shape index (κ3) is 5.27. The van der Waals surface area contributed by atoms with Crippen LogP contribution in [0.3, 0.4) is 0 Å². The maximum Gasteiger partial charge on any atom is 0.322 e. The van der Waals surface area contributed by atoms with Gasteiger partial charge in [-0.2, -0.15) is 0 Å². The minimum Gasteiger partial charge on any atom is -0.407 e. The fraction of sp³-hybridized carbons (Fsp3) is 0.167. The second-order valence-corrected chi connectivity index (χ2v) is 10.4. The predicted molar refractivity (Wildman–Crippen MR) is 104 cm³/mol. The Labute approximate surface area is 167 Å². The van der Waals surface area contributed by atoms with E-state index in [1.54, 1.807) is 12.1 Å². The summed E-state index contributed by atoms with van der Waals surface area (Å²) >= 11 is 0. The number of carbonyl (C=O) groups is 1. The van der Waals surface area contributed by atoms with Crippen LogP contribution >= 0.6 is 0 Å². The molecule has 0 saturated heterocycles. The van der Waals surface area contributed by atoms with E-state index in [2.05, 4.69) is 15.5 Å². The molecule has 1 amide bonds. The molecule has 0 saturated carbocycles. The van der Waals surface area contributed by atoms with Gasteiger partial charge in [0.05, 0.1) is 16.2 Å². The molecule has 11 heteroatoms. The predicted octanol–water partition coefficient (Wildman–Crippen LogP) is 1.72. The zero-order chi connectivity index (χ0) is 21.2. The van der Waals surface area contributed by atoms with E-state index >= 15 is 0 Å². The van der Waals surface area contributed by atoms with E-state index in [1.807, 2.05) is 0 Å². The first-order chi connectivity index (χ1) is 13.5. The van der Waals surface area contributed by atoms with Gasteiger partial charge >= 0.3 is 6.01 Å². The molecular weight excluding hydrogens is 418 g/mol. The largest absolute Gasteiger partial charge is 0.407 e. The van der Waals surface area contributed by atoms with Crippen LogP contribution in [0.5, 0.6) is 0 Å². The smallest absolute Gasteiger partial charge is 0.322 e. The molecule has 3 aromatic rings. The number of rotatable bonds is 6. The van der Waals surface area contributed by atoms with Gasteiger partial charge in [-0.1, -0.05) is 23.3 Å². The number of nitrogens with zero attached hydrogens (tertiary/aromatic N) is 2. The van der Waals surface area contributed by atoms with Gasteiger partial charge in [-0.3, -0.25) is 10.1 Å². The first-order valence-corrected chi connectivity index (χ1v) is 12.0. The zero-order valence-corrected chi connectivity index (χ0v) is 17.1. The zero-order valence-electron chi connectivity index (χ0n) is 15.5. The molecule has 29 heavy (non-hydrogen) atoms. The second kappa shape index (κ2) is 7.76. The van der Waals surface area contributed by atoms with Crippen LogP contribution in [0.2, 0.25) is 0 Å². The summed E-state index contributed by atoms with van der Waals surface area (Å²) in [6.07, 6.45) is 2.42. The van der Waals surface area contributed by atoms with Gasteiger partial charge in [0.2, 0.25) is 5.89 Å². The number of sulfone groups is 2. The van der Waals surface area contributed by atoms with Crippen molar-refractivity contribution in [3.63, 3.8) is 0 Å². The van der Waals surface area contributed by atoms with Gasteiger partial charge in [-0.05, 0) is 35.9 Å². The average molecular weight is 435 g/mol. The maximum atomic E-state index is 12.3. The van der Waals surface area contributed by atoms with Gasteiger partial charge < -0.3 is 4.42 Å². The molecule has 0 unspecified atom stereocenters. The van der Waals surface area contributed by atoms with E-state index in [9.17, 15) is 21.6 Å². The summed E-state index contributed by atoms with van der Waals surface area (Å²) in [6, 6.07) is 11.7. The number of nitrogens with one attached hydrogen (secondary N) is 1. The summed E-state index contributed by atoms with van der Waals surface area (Å²) in [5.41, 5.74) is 0.879.